The van der Waals surface area contributed by atoms with Crippen LogP contribution in [0.5, 0.6) is 0 Å². The van der Waals surface area contributed by atoms with Gasteiger partial charge in [0.2, 0.25) is 0 Å². The van der Waals surface area contributed by atoms with Gasteiger partial charge < -0.3 is 0 Å². The van der Waals surface area contributed by atoms with Gasteiger partial charge >= 0.3 is 0 Å². The molecule has 0 atom stereocenters. The van der Waals surface area contributed by atoms with Gasteiger partial charge in [-0.25, -0.2) is 15.0 Å². The van der Waals surface area contributed by atoms with E-state index in [2.05, 4.69) is 103 Å². The maximum Gasteiger partial charge on any atom is 0.164 e. The van der Waals surface area contributed by atoms with E-state index in [1.54, 1.807) is 12.1 Å². The van der Waals surface area contributed by atoms with E-state index in [0.29, 0.717) is 23.0 Å². The number of fused-ring (bicyclic) bond motifs is 5. The molecule has 3 heteroatoms. The molecule has 0 spiro atoms. The zero-order valence-electron chi connectivity index (χ0n) is 38.0. The summed E-state index contributed by atoms with van der Waals surface area (Å²) in [7, 11) is 0. The van der Waals surface area contributed by atoms with Crippen molar-refractivity contribution in [1.29, 1.82) is 0 Å². The highest BCUT2D eigenvalue weighted by molar-refractivity contribution is 6.13. The van der Waals surface area contributed by atoms with Gasteiger partial charge in [-0.15, -0.1) is 0 Å². The van der Waals surface area contributed by atoms with E-state index in [4.69, 9.17) is 24.5 Å². The minimum absolute atomic E-state index is 0.0561. The van der Waals surface area contributed by atoms with Crippen molar-refractivity contribution in [3.8, 4) is 67.5 Å². The molecule has 0 aliphatic carbocycles. The largest absolute Gasteiger partial charge is 0.208 e. The second kappa shape index (κ2) is 14.1. The lowest BCUT2D eigenvalue weighted by Crippen LogP contribution is -2.01. The van der Waals surface area contributed by atoms with Gasteiger partial charge in [0.15, 0.2) is 17.5 Å². The van der Waals surface area contributed by atoms with E-state index >= 15 is 0 Å². The molecule has 1 aromatic heterocycles. The molecule has 0 radical (unpaired) electrons. The third-order valence-corrected chi connectivity index (χ3v) is 10.8. The van der Waals surface area contributed by atoms with Crippen LogP contribution >= 0.6 is 0 Å². The second-order valence-corrected chi connectivity index (χ2v) is 14.3. The minimum Gasteiger partial charge on any atom is -0.208 e. The molecule has 0 amide bonds. The van der Waals surface area contributed by atoms with Gasteiger partial charge in [0, 0.05) is 16.7 Å². The number of aromatic nitrogens is 3. The Morgan fingerprint density at radius 3 is 1.67 bits per heavy atom. The van der Waals surface area contributed by atoms with Crippen LogP contribution in [0.15, 0.2) is 212 Å². The highest BCUT2D eigenvalue weighted by atomic mass is 15.0. The summed E-state index contributed by atoms with van der Waals surface area (Å²) in [4.78, 5) is 15.5. The Balaban J connectivity index is 1.04. The van der Waals surface area contributed by atoms with Gasteiger partial charge in [0.25, 0.3) is 0 Å². The Kier molecular flexibility index (Phi) is 6.54. The van der Waals surface area contributed by atoms with Crippen LogP contribution in [0.3, 0.4) is 0 Å². The summed E-state index contributed by atoms with van der Waals surface area (Å²) in [6.07, 6.45) is 0. The van der Waals surface area contributed by atoms with Crippen molar-refractivity contribution in [2.45, 2.75) is 0 Å². The summed E-state index contributed by atoms with van der Waals surface area (Å²) in [6.45, 7) is 0. The second-order valence-electron chi connectivity index (χ2n) is 14.3. The molecule has 0 unspecified atom stereocenters. The fourth-order valence-corrected chi connectivity index (χ4v) is 7.97. The van der Waals surface area contributed by atoms with E-state index in [-0.39, 0.29) is 28.4 Å². The number of hydrogen-bond donors (Lipinski definition) is 0. The quantitative estimate of drug-likeness (QED) is 0.159. The Hall–Kier alpha value is -7.75. The molecule has 0 aliphatic rings. The Morgan fingerprint density at radius 2 is 0.845 bits per heavy atom. The first-order valence-corrected chi connectivity index (χ1v) is 19.1. The van der Waals surface area contributed by atoms with Crippen molar-refractivity contribution in [3.63, 3.8) is 0 Å². The summed E-state index contributed by atoms with van der Waals surface area (Å²) in [5, 5.41) is 6.71. The van der Waals surface area contributed by atoms with E-state index in [1.165, 1.54) is 10.8 Å². The molecule has 0 fully saturated rings. The van der Waals surface area contributed by atoms with Crippen molar-refractivity contribution in [3.05, 3.63) is 212 Å². The van der Waals surface area contributed by atoms with Crippen LogP contribution in [0.1, 0.15) is 9.60 Å². The van der Waals surface area contributed by atoms with Crippen LogP contribution < -0.4 is 0 Å². The fraction of sp³-hybridized carbons (Fsp3) is 0. The average Bonchev–Trinajstić information content (AvgIpc) is 3.36. The summed E-state index contributed by atoms with van der Waals surface area (Å²) in [5.41, 5.74) is 7.14. The first-order valence-electron chi connectivity index (χ1n) is 22.6. The monoisotopic (exact) mass is 744 g/mol. The summed E-state index contributed by atoms with van der Waals surface area (Å²) < 4.78 is 59.6. The van der Waals surface area contributed by atoms with Crippen molar-refractivity contribution in [1.82, 2.24) is 15.0 Å². The maximum atomic E-state index is 8.83. The molecule has 0 saturated heterocycles. The van der Waals surface area contributed by atoms with Gasteiger partial charge in [0.1, 0.15) is 0 Å². The van der Waals surface area contributed by atoms with Crippen LogP contribution in [0.2, 0.25) is 0 Å². The van der Waals surface area contributed by atoms with Gasteiger partial charge in [-0.3, -0.25) is 0 Å². The predicted octanol–water partition coefficient (Wildman–Crippen LogP) is 14.5. The number of nitrogens with zero attached hydrogens (tertiary/aromatic N) is 3. The van der Waals surface area contributed by atoms with Crippen LogP contribution in [0, 0.1) is 0 Å². The van der Waals surface area contributed by atoms with Crippen molar-refractivity contribution in [2.24, 2.45) is 0 Å². The predicted molar refractivity (Wildman–Crippen MR) is 242 cm³/mol. The molecule has 270 valence electrons. The summed E-state index contributed by atoms with van der Waals surface area (Å²) in [5.74, 6) is 1.57. The standard InChI is InChI=1S/C55H35N3/c1-4-19-45-37(12-1)15-10-24-47(45)39-28-26-36(27-29-39)42-17-9-18-44(34-42)54-56-53(41-32-30-40(31-33-41)48-25-11-16-38-13-2-5-20-46(38)48)57-55(58-54)52-35-43-14-3-6-21-49(43)50-22-7-8-23-51(50)52/h1-35H/i1D,4D,10D,12D,15D,19D,24D. The number of hydrogen-bond acceptors (Lipinski definition) is 3. The minimum atomic E-state index is -0.480. The summed E-state index contributed by atoms with van der Waals surface area (Å²) in [6, 6.07) is 54.4. The lowest BCUT2D eigenvalue weighted by Gasteiger charge is -2.13. The molecule has 0 bridgehead atoms. The van der Waals surface area contributed by atoms with Crippen molar-refractivity contribution in [2.75, 3.05) is 0 Å². The number of benzene rings is 10. The van der Waals surface area contributed by atoms with Crippen LogP contribution in [0.4, 0.5) is 0 Å². The fourth-order valence-electron chi connectivity index (χ4n) is 7.97. The number of rotatable bonds is 6. The molecule has 11 rings (SSSR count). The Labute approximate surface area is 346 Å². The van der Waals surface area contributed by atoms with Gasteiger partial charge in [-0.2, -0.15) is 0 Å². The lowest BCUT2D eigenvalue weighted by molar-refractivity contribution is 1.08. The third-order valence-electron chi connectivity index (χ3n) is 10.8. The molecule has 3 nitrogen and oxygen atoms in total. The van der Waals surface area contributed by atoms with Crippen LogP contribution in [0.25, 0.3) is 111 Å². The molecule has 0 saturated carbocycles. The molecule has 0 N–H and O–H groups in total. The Bertz CT molecular complexity index is 3730. The van der Waals surface area contributed by atoms with E-state index in [9.17, 15) is 0 Å². The van der Waals surface area contributed by atoms with Crippen LogP contribution in [-0.2, 0) is 0 Å². The highest BCUT2D eigenvalue weighted by Gasteiger charge is 2.17. The maximum absolute atomic E-state index is 8.83. The average molecular weight is 745 g/mol. The molecule has 58 heavy (non-hydrogen) atoms. The molecule has 11 aromatic rings. The zero-order chi connectivity index (χ0) is 44.5. The van der Waals surface area contributed by atoms with E-state index in [1.807, 2.05) is 54.6 Å². The molecule has 10 aromatic carbocycles. The summed E-state index contributed by atoms with van der Waals surface area (Å²) >= 11 is 0. The lowest BCUT2D eigenvalue weighted by atomic mass is 9.95. The van der Waals surface area contributed by atoms with Crippen molar-refractivity contribution < 1.29 is 9.60 Å². The van der Waals surface area contributed by atoms with Gasteiger partial charge in [-0.05, 0) is 88.6 Å². The molecular formula is C55H35N3. The molecular weight excluding hydrogens is 703 g/mol. The highest BCUT2D eigenvalue weighted by Crippen LogP contribution is 2.37. The van der Waals surface area contributed by atoms with Gasteiger partial charge in [-0.1, -0.05) is 200 Å². The molecule has 0 aliphatic heterocycles. The third kappa shape index (κ3) is 5.98. The SMILES string of the molecule is [2H]c1c([2H])c([2H])c2c(-c3ccc(-c4cccc(-c5nc(-c6ccc(-c7cccc8ccccc78)cc6)nc(-c6cc7ccccc7c7ccccc67)n5)c4)cc3)c([2H])c([2H])c([2H])c2c1[2H]. The van der Waals surface area contributed by atoms with Gasteiger partial charge in [0.05, 0.1) is 9.60 Å². The topological polar surface area (TPSA) is 38.7 Å². The normalized spacial score (nSPS) is 13.1. The van der Waals surface area contributed by atoms with E-state index in [0.717, 1.165) is 60.5 Å². The Morgan fingerprint density at radius 1 is 0.276 bits per heavy atom. The smallest absolute Gasteiger partial charge is 0.164 e. The van der Waals surface area contributed by atoms with E-state index < -0.39 is 30.2 Å². The molecule has 1 heterocycles. The van der Waals surface area contributed by atoms with Crippen LogP contribution in [-0.4, -0.2) is 15.0 Å². The first kappa shape index (κ1) is 27.0. The van der Waals surface area contributed by atoms with Crippen molar-refractivity contribution >= 4 is 43.1 Å². The zero-order valence-corrected chi connectivity index (χ0v) is 31.0. The first-order chi connectivity index (χ1) is 31.6.